The maximum atomic E-state index is 10.6. The van der Waals surface area contributed by atoms with Crippen molar-refractivity contribution in [2.75, 3.05) is 0 Å². The number of hydrogen-bond acceptors (Lipinski definition) is 2. The number of allylic oxidation sites excluding steroid dienone is 3. The zero-order chi connectivity index (χ0) is 35.4. The molecule has 5 rings (SSSR count). The van der Waals surface area contributed by atoms with Gasteiger partial charge >= 0.3 is 0 Å². The third kappa shape index (κ3) is 7.16. The van der Waals surface area contributed by atoms with Crippen molar-refractivity contribution in [3.63, 3.8) is 0 Å². The molecule has 0 saturated heterocycles. The van der Waals surface area contributed by atoms with E-state index in [1.54, 1.807) is 0 Å². The van der Waals surface area contributed by atoms with Crippen LogP contribution in [0.15, 0.2) is 24.0 Å². The van der Waals surface area contributed by atoms with Gasteiger partial charge in [0.2, 0.25) is 0 Å². The summed E-state index contributed by atoms with van der Waals surface area (Å²) < 4.78 is 0. The van der Waals surface area contributed by atoms with Crippen molar-refractivity contribution in [3.8, 4) is 0 Å². The Balaban J connectivity index is 1.29. The van der Waals surface area contributed by atoms with Crippen LogP contribution in [0.2, 0.25) is 0 Å². The molecule has 276 valence electrons. The van der Waals surface area contributed by atoms with Crippen LogP contribution in [0, 0.1) is 80.3 Å². The summed E-state index contributed by atoms with van der Waals surface area (Å²) in [5.74, 6) is 6.33. The molecule has 0 aromatic heterocycles. The van der Waals surface area contributed by atoms with E-state index in [-0.39, 0.29) is 12.0 Å². The molecule has 2 N–H and O–H groups in total. The molecule has 0 amide bonds. The van der Waals surface area contributed by atoms with Gasteiger partial charge in [-0.05, 0) is 178 Å². The number of hydrogen-bond donors (Lipinski definition) is 2. The molecule has 0 spiro atoms. The van der Waals surface area contributed by atoms with Crippen molar-refractivity contribution >= 4 is 0 Å². The third-order valence-electron chi connectivity index (χ3n) is 17.6. The summed E-state index contributed by atoms with van der Waals surface area (Å²) in [6.07, 6.45) is 23.2. The van der Waals surface area contributed by atoms with E-state index >= 15 is 0 Å². The second-order valence-electron chi connectivity index (χ2n) is 21.4. The van der Waals surface area contributed by atoms with Crippen LogP contribution in [0.3, 0.4) is 0 Å². The second kappa shape index (κ2) is 14.0. The Labute approximate surface area is 298 Å². The van der Waals surface area contributed by atoms with Crippen LogP contribution < -0.4 is 0 Å². The Morgan fingerprint density at radius 3 is 2.06 bits per heavy atom. The molecule has 14 atom stereocenters. The summed E-state index contributed by atoms with van der Waals surface area (Å²) in [7, 11) is 0. The minimum atomic E-state index is -0.210. The maximum Gasteiger partial charge on any atom is 0.0882 e. The van der Waals surface area contributed by atoms with E-state index in [0.717, 1.165) is 43.4 Å². The van der Waals surface area contributed by atoms with Gasteiger partial charge in [-0.2, -0.15) is 0 Å². The summed E-state index contributed by atoms with van der Waals surface area (Å²) >= 11 is 0. The van der Waals surface area contributed by atoms with E-state index in [2.05, 4.69) is 81.9 Å². The first-order valence-electron chi connectivity index (χ1n) is 21.0. The molecule has 0 radical (unpaired) electrons. The number of aliphatic hydroxyl groups excluding tert-OH is 2. The molecule has 4 saturated carbocycles. The summed E-state index contributed by atoms with van der Waals surface area (Å²) in [5.41, 5.74) is 4.02. The van der Waals surface area contributed by atoms with Crippen LogP contribution in [0.5, 0.6) is 0 Å². The fraction of sp³-hybridized carbons (Fsp3) is 0.913. The molecule has 5 aliphatic carbocycles. The van der Waals surface area contributed by atoms with Crippen LogP contribution in [-0.4, -0.2) is 16.3 Å². The normalized spacial score (nSPS) is 45.9. The Morgan fingerprint density at radius 1 is 0.854 bits per heavy atom. The molecule has 13 unspecified atom stereocenters. The van der Waals surface area contributed by atoms with Gasteiger partial charge in [0.05, 0.1) is 11.9 Å². The van der Waals surface area contributed by atoms with E-state index in [1.165, 1.54) is 77.0 Å². The lowest BCUT2D eigenvalue weighted by molar-refractivity contribution is -0.144. The highest BCUT2D eigenvalue weighted by Gasteiger charge is 2.64. The molecule has 0 bridgehead atoms. The Bertz CT molecular complexity index is 1160. The summed E-state index contributed by atoms with van der Waals surface area (Å²) in [6, 6.07) is 0. The van der Waals surface area contributed by atoms with Crippen molar-refractivity contribution in [3.05, 3.63) is 24.0 Å². The van der Waals surface area contributed by atoms with Crippen molar-refractivity contribution in [2.45, 2.75) is 185 Å². The van der Waals surface area contributed by atoms with Crippen molar-refractivity contribution in [1.82, 2.24) is 0 Å². The van der Waals surface area contributed by atoms with E-state index in [0.29, 0.717) is 62.4 Å². The molecule has 0 aliphatic heterocycles. The molecular weight excluding hydrogens is 585 g/mol. The van der Waals surface area contributed by atoms with Gasteiger partial charge < -0.3 is 10.2 Å². The van der Waals surface area contributed by atoms with Crippen LogP contribution in [-0.2, 0) is 0 Å². The van der Waals surface area contributed by atoms with Gasteiger partial charge in [0.25, 0.3) is 0 Å². The molecule has 4 fully saturated rings. The van der Waals surface area contributed by atoms with Crippen molar-refractivity contribution in [1.29, 1.82) is 0 Å². The lowest BCUT2D eigenvalue weighted by Crippen LogP contribution is -2.60. The summed E-state index contributed by atoms with van der Waals surface area (Å²) in [6.45, 7) is 32.0. The monoisotopic (exact) mass is 665 g/mol. The fourth-order valence-corrected chi connectivity index (χ4v) is 13.4. The minimum absolute atomic E-state index is 0.210. The van der Waals surface area contributed by atoms with Crippen LogP contribution in [0.1, 0.15) is 179 Å². The van der Waals surface area contributed by atoms with E-state index in [1.807, 2.05) is 12.5 Å². The van der Waals surface area contributed by atoms with Gasteiger partial charge in [-0.3, -0.25) is 0 Å². The van der Waals surface area contributed by atoms with Crippen LogP contribution in [0.25, 0.3) is 0 Å². The first kappa shape index (κ1) is 38.5. The zero-order valence-electron chi connectivity index (χ0n) is 33.8. The highest BCUT2D eigenvalue weighted by molar-refractivity contribution is 5.33. The molecule has 0 aromatic rings. The summed E-state index contributed by atoms with van der Waals surface area (Å²) in [4.78, 5) is 0. The lowest BCUT2D eigenvalue weighted by Gasteiger charge is -2.69. The topological polar surface area (TPSA) is 40.5 Å². The van der Waals surface area contributed by atoms with E-state index in [9.17, 15) is 10.2 Å². The highest BCUT2D eigenvalue weighted by atomic mass is 16.3. The fourth-order valence-electron chi connectivity index (χ4n) is 13.4. The Kier molecular flexibility index (Phi) is 11.2. The third-order valence-corrected chi connectivity index (χ3v) is 17.6. The second-order valence-corrected chi connectivity index (χ2v) is 21.4. The number of rotatable bonds is 11. The Morgan fingerprint density at radius 2 is 1.46 bits per heavy atom. The number of aliphatic hydroxyl groups is 2. The lowest BCUT2D eigenvalue weighted by atomic mass is 9.36. The Hall–Kier alpha value is -0.760. The first-order valence-corrected chi connectivity index (χ1v) is 21.0. The molecular formula is C46H80O2. The number of fused-ring (bicyclic) bond motifs is 5. The SMILES string of the molecule is C=C(O)C1CC(CC(C)CCC(C)O)C(C)C(CC(C)CCC2(C)C(C)CCC3(C)C2CC=C2C4CC(C)(C)CCC4(C)CC[C@]23C)C1. The highest BCUT2D eigenvalue weighted by Crippen LogP contribution is 2.73. The largest absolute Gasteiger partial charge is 0.513 e. The van der Waals surface area contributed by atoms with Gasteiger partial charge in [-0.25, -0.2) is 0 Å². The predicted molar refractivity (Wildman–Crippen MR) is 206 cm³/mol. The summed E-state index contributed by atoms with van der Waals surface area (Å²) in [5, 5.41) is 20.4. The predicted octanol–water partition coefficient (Wildman–Crippen LogP) is 13.4. The maximum absolute atomic E-state index is 10.6. The molecule has 48 heavy (non-hydrogen) atoms. The van der Waals surface area contributed by atoms with Gasteiger partial charge in [0.15, 0.2) is 0 Å². The molecule has 2 heteroatoms. The quantitative estimate of drug-likeness (QED) is 0.170. The van der Waals surface area contributed by atoms with Gasteiger partial charge in [-0.15, -0.1) is 0 Å². The molecule has 5 aliphatic rings. The molecule has 0 aromatic carbocycles. The smallest absolute Gasteiger partial charge is 0.0882 e. The van der Waals surface area contributed by atoms with E-state index in [4.69, 9.17) is 0 Å². The van der Waals surface area contributed by atoms with Crippen LogP contribution in [0.4, 0.5) is 0 Å². The van der Waals surface area contributed by atoms with Crippen molar-refractivity contribution < 1.29 is 10.2 Å². The standard InChI is InChI=1S/C46H80O2/c1-30(13-14-33(4)47)25-36-27-38(35(6)48)28-37(34(36)5)26-31(2)17-19-44(10)32(3)18-20-46(12)41(44)16-15-39-40-29-42(7,8)21-22-43(40,9)23-24-45(39,46)11/h15,30-34,36-38,40-41,47-48H,6,13-14,16-29H2,1-5,7-12H3/t30?,31?,32?,33?,34?,36?,37?,38?,40?,41?,43?,44?,45-,46?/m1/s1. The molecule has 2 nitrogen and oxygen atoms in total. The minimum Gasteiger partial charge on any atom is -0.513 e. The average Bonchev–Trinajstić information content (AvgIpc) is 3.00. The van der Waals surface area contributed by atoms with Gasteiger partial charge in [0.1, 0.15) is 0 Å². The van der Waals surface area contributed by atoms with Crippen LogP contribution >= 0.6 is 0 Å². The average molecular weight is 665 g/mol. The zero-order valence-corrected chi connectivity index (χ0v) is 33.8. The molecule has 0 heterocycles. The van der Waals surface area contributed by atoms with Crippen molar-refractivity contribution in [2.24, 2.45) is 80.3 Å². The first-order chi connectivity index (χ1) is 22.2. The van der Waals surface area contributed by atoms with E-state index < -0.39 is 0 Å². The van der Waals surface area contributed by atoms with Gasteiger partial charge in [-0.1, -0.05) is 93.9 Å². The van der Waals surface area contributed by atoms with Gasteiger partial charge in [0, 0.05) is 5.92 Å².